The van der Waals surface area contributed by atoms with E-state index in [-0.39, 0.29) is 44.0 Å². The van der Waals surface area contributed by atoms with E-state index in [1.165, 1.54) is 0 Å². The van der Waals surface area contributed by atoms with Gasteiger partial charge in [-0.15, -0.1) is 0 Å². The van der Waals surface area contributed by atoms with Crippen LogP contribution in [0.3, 0.4) is 0 Å². The standard InChI is InChI=1S/C14H19N3O5/c18-9-13(17-21)7-6-12(16-20)8-15-14(19)22-10-11-4-2-1-3-5-11/h1-5,18,20-21H,6-10H2,(H,15,19)/b16-12-,17-13-. The smallest absolute Gasteiger partial charge is 0.407 e. The van der Waals surface area contributed by atoms with Crippen LogP contribution in [0, 0.1) is 0 Å². The summed E-state index contributed by atoms with van der Waals surface area (Å²) in [7, 11) is 0. The monoisotopic (exact) mass is 309 g/mol. The minimum absolute atomic E-state index is 0.00569. The van der Waals surface area contributed by atoms with Gasteiger partial charge < -0.3 is 25.6 Å². The van der Waals surface area contributed by atoms with Gasteiger partial charge in [-0.05, 0) is 18.4 Å². The molecule has 0 unspecified atom stereocenters. The maximum atomic E-state index is 11.5. The minimum atomic E-state index is -0.636. The second-order valence-electron chi connectivity index (χ2n) is 4.41. The molecule has 0 saturated carbocycles. The van der Waals surface area contributed by atoms with Crippen molar-refractivity contribution in [3.05, 3.63) is 35.9 Å². The lowest BCUT2D eigenvalue weighted by atomic mass is 10.1. The van der Waals surface area contributed by atoms with Crippen LogP contribution in [0.4, 0.5) is 4.79 Å². The summed E-state index contributed by atoms with van der Waals surface area (Å²) in [5.74, 6) is 0. The summed E-state index contributed by atoms with van der Waals surface area (Å²) in [6.45, 7) is -0.250. The molecular weight excluding hydrogens is 290 g/mol. The van der Waals surface area contributed by atoms with E-state index >= 15 is 0 Å². The third kappa shape index (κ3) is 6.71. The first-order valence-electron chi connectivity index (χ1n) is 6.64. The van der Waals surface area contributed by atoms with Crippen LogP contribution in [0.1, 0.15) is 18.4 Å². The number of nitrogens with one attached hydrogen (secondary N) is 1. The molecule has 0 aliphatic carbocycles. The Morgan fingerprint density at radius 2 is 1.73 bits per heavy atom. The summed E-state index contributed by atoms with van der Waals surface area (Å²) in [6.07, 6.45) is -0.189. The number of carbonyl (C=O) groups is 1. The van der Waals surface area contributed by atoms with Crippen LogP contribution in [0.15, 0.2) is 40.6 Å². The molecular formula is C14H19N3O5. The average Bonchev–Trinajstić information content (AvgIpc) is 2.57. The number of ether oxygens (including phenoxy) is 1. The van der Waals surface area contributed by atoms with Gasteiger partial charge in [-0.25, -0.2) is 4.79 Å². The molecule has 120 valence electrons. The topological polar surface area (TPSA) is 124 Å². The average molecular weight is 309 g/mol. The highest BCUT2D eigenvalue weighted by molar-refractivity contribution is 5.93. The Balaban J connectivity index is 2.29. The van der Waals surface area contributed by atoms with E-state index in [0.717, 1.165) is 5.56 Å². The number of alkyl carbamates (subject to hydrolysis) is 1. The SMILES string of the molecule is O=C(NC/C(CC/C(CO)=N/O)=N\O)OCc1ccccc1. The summed E-state index contributed by atoms with van der Waals surface area (Å²) in [6, 6.07) is 9.21. The largest absolute Gasteiger partial charge is 0.445 e. The number of nitrogens with zero attached hydrogens (tertiary/aromatic N) is 2. The number of aliphatic hydroxyl groups excluding tert-OH is 1. The molecule has 0 heterocycles. The van der Waals surface area contributed by atoms with Gasteiger partial charge in [0.1, 0.15) is 6.61 Å². The molecule has 0 fully saturated rings. The predicted molar refractivity (Wildman–Crippen MR) is 79.4 cm³/mol. The third-order valence-corrected chi connectivity index (χ3v) is 2.82. The molecule has 0 spiro atoms. The fourth-order valence-electron chi connectivity index (χ4n) is 1.57. The molecule has 0 saturated heterocycles. The third-order valence-electron chi connectivity index (χ3n) is 2.82. The maximum absolute atomic E-state index is 11.5. The Hall–Kier alpha value is -2.61. The van der Waals surface area contributed by atoms with Gasteiger partial charge in [0, 0.05) is 0 Å². The van der Waals surface area contributed by atoms with Crippen LogP contribution < -0.4 is 5.32 Å². The van der Waals surface area contributed by atoms with Gasteiger partial charge in [-0.1, -0.05) is 40.6 Å². The molecule has 0 atom stereocenters. The number of oxime groups is 2. The zero-order valence-corrected chi connectivity index (χ0v) is 12.0. The number of aliphatic hydroxyl groups is 1. The zero-order valence-electron chi connectivity index (χ0n) is 12.0. The van der Waals surface area contributed by atoms with Crippen LogP contribution in [-0.2, 0) is 11.3 Å². The first-order chi connectivity index (χ1) is 10.7. The van der Waals surface area contributed by atoms with Crippen LogP contribution in [0.2, 0.25) is 0 Å². The van der Waals surface area contributed by atoms with Crippen molar-refractivity contribution in [1.29, 1.82) is 0 Å². The van der Waals surface area contributed by atoms with Crippen molar-refractivity contribution >= 4 is 17.5 Å². The second-order valence-corrected chi connectivity index (χ2v) is 4.41. The van der Waals surface area contributed by atoms with Crippen molar-refractivity contribution in [1.82, 2.24) is 5.32 Å². The maximum Gasteiger partial charge on any atom is 0.407 e. The van der Waals surface area contributed by atoms with Gasteiger partial charge in [-0.2, -0.15) is 0 Å². The van der Waals surface area contributed by atoms with E-state index in [4.69, 9.17) is 20.3 Å². The number of hydrogen-bond donors (Lipinski definition) is 4. The summed E-state index contributed by atoms with van der Waals surface area (Å²) in [4.78, 5) is 11.5. The van der Waals surface area contributed by atoms with E-state index in [1.54, 1.807) is 0 Å². The Labute approximate surface area is 127 Å². The molecule has 1 rings (SSSR count). The highest BCUT2D eigenvalue weighted by Crippen LogP contribution is 2.01. The van der Waals surface area contributed by atoms with E-state index < -0.39 is 6.09 Å². The van der Waals surface area contributed by atoms with Crippen molar-refractivity contribution in [2.75, 3.05) is 13.2 Å². The molecule has 0 aliphatic rings. The number of rotatable bonds is 8. The highest BCUT2D eigenvalue weighted by atomic mass is 16.5. The van der Waals surface area contributed by atoms with Crippen LogP contribution in [0.25, 0.3) is 0 Å². The molecule has 4 N–H and O–H groups in total. The van der Waals surface area contributed by atoms with Gasteiger partial charge in [-0.3, -0.25) is 0 Å². The number of benzene rings is 1. The van der Waals surface area contributed by atoms with E-state index in [2.05, 4.69) is 15.6 Å². The first kappa shape index (κ1) is 17.4. The number of carbonyl (C=O) groups excluding carboxylic acids is 1. The van der Waals surface area contributed by atoms with Gasteiger partial charge >= 0.3 is 6.09 Å². The Morgan fingerprint density at radius 3 is 2.32 bits per heavy atom. The molecule has 8 nitrogen and oxygen atoms in total. The van der Waals surface area contributed by atoms with Crippen molar-refractivity contribution in [2.24, 2.45) is 10.3 Å². The Morgan fingerprint density at radius 1 is 1.09 bits per heavy atom. The molecule has 0 aromatic heterocycles. The van der Waals surface area contributed by atoms with Crippen molar-refractivity contribution < 1.29 is 25.1 Å². The van der Waals surface area contributed by atoms with Crippen LogP contribution in [-0.4, -0.2) is 46.2 Å². The van der Waals surface area contributed by atoms with E-state index in [9.17, 15) is 4.79 Å². The predicted octanol–water partition coefficient (Wildman–Crippen LogP) is 1.35. The highest BCUT2D eigenvalue weighted by Gasteiger charge is 2.08. The lowest BCUT2D eigenvalue weighted by Crippen LogP contribution is -2.30. The van der Waals surface area contributed by atoms with Crippen molar-refractivity contribution in [3.63, 3.8) is 0 Å². The quantitative estimate of drug-likeness (QED) is 0.328. The molecule has 0 aliphatic heterocycles. The summed E-state index contributed by atoms with van der Waals surface area (Å²) in [5, 5.41) is 34.6. The van der Waals surface area contributed by atoms with Crippen molar-refractivity contribution in [2.45, 2.75) is 19.4 Å². The second kappa shape index (κ2) is 10.2. The number of hydrogen-bond acceptors (Lipinski definition) is 7. The fraction of sp³-hybridized carbons (Fsp3) is 0.357. The lowest BCUT2D eigenvalue weighted by Gasteiger charge is -2.08. The summed E-state index contributed by atoms with van der Waals surface area (Å²) in [5.41, 5.74) is 1.29. The fourth-order valence-corrected chi connectivity index (χ4v) is 1.57. The summed E-state index contributed by atoms with van der Waals surface area (Å²) >= 11 is 0. The number of amides is 1. The van der Waals surface area contributed by atoms with Gasteiger partial charge in [0.05, 0.1) is 24.6 Å². The van der Waals surface area contributed by atoms with E-state index in [1.807, 2.05) is 30.3 Å². The summed E-state index contributed by atoms with van der Waals surface area (Å²) < 4.78 is 5.00. The van der Waals surface area contributed by atoms with Gasteiger partial charge in [0.15, 0.2) is 0 Å². The van der Waals surface area contributed by atoms with Crippen molar-refractivity contribution in [3.8, 4) is 0 Å². The molecule has 1 aromatic rings. The van der Waals surface area contributed by atoms with Gasteiger partial charge in [0.25, 0.3) is 0 Å². The lowest BCUT2D eigenvalue weighted by molar-refractivity contribution is 0.141. The Bertz CT molecular complexity index is 516. The van der Waals surface area contributed by atoms with E-state index in [0.29, 0.717) is 0 Å². The molecule has 22 heavy (non-hydrogen) atoms. The molecule has 1 aromatic carbocycles. The first-order valence-corrected chi connectivity index (χ1v) is 6.64. The molecule has 8 heteroatoms. The zero-order chi connectivity index (χ0) is 16.2. The molecule has 0 bridgehead atoms. The van der Waals surface area contributed by atoms with Crippen LogP contribution in [0.5, 0.6) is 0 Å². The normalized spacial score (nSPS) is 12.0. The molecule has 0 radical (unpaired) electrons. The minimum Gasteiger partial charge on any atom is -0.445 e. The Kier molecular flexibility index (Phi) is 8.06. The van der Waals surface area contributed by atoms with Crippen LogP contribution >= 0.6 is 0 Å². The molecule has 1 amide bonds. The van der Waals surface area contributed by atoms with Gasteiger partial charge in [0.2, 0.25) is 0 Å².